The summed E-state index contributed by atoms with van der Waals surface area (Å²) in [6, 6.07) is 4.15. The SMILES string of the molecule is CCCCCCc1nccc2cnc3[nH]ccc3c12. The molecule has 3 aromatic rings. The van der Waals surface area contributed by atoms with E-state index in [4.69, 9.17) is 0 Å². The standard InChI is InChI=1S/C16H19N3/c1-2-3-4-5-6-14-15-12(7-9-17-14)11-19-16-13(15)8-10-18-16/h7-11H,2-6H2,1H3,(H,18,19). The summed E-state index contributed by atoms with van der Waals surface area (Å²) in [6.07, 6.45) is 11.9. The smallest absolute Gasteiger partial charge is 0.137 e. The van der Waals surface area contributed by atoms with E-state index in [2.05, 4.69) is 27.9 Å². The Labute approximate surface area is 113 Å². The van der Waals surface area contributed by atoms with Gasteiger partial charge in [0.1, 0.15) is 5.65 Å². The molecule has 3 nitrogen and oxygen atoms in total. The molecule has 0 bridgehead atoms. The van der Waals surface area contributed by atoms with Crippen LogP contribution < -0.4 is 0 Å². The first-order valence-electron chi connectivity index (χ1n) is 7.10. The molecule has 0 aliphatic carbocycles. The van der Waals surface area contributed by atoms with Gasteiger partial charge in [0, 0.05) is 40.4 Å². The van der Waals surface area contributed by atoms with Gasteiger partial charge in [0.05, 0.1) is 0 Å². The minimum Gasteiger partial charge on any atom is -0.346 e. The fourth-order valence-electron chi connectivity index (χ4n) is 2.65. The number of unbranched alkanes of at least 4 members (excludes halogenated alkanes) is 3. The maximum atomic E-state index is 4.59. The van der Waals surface area contributed by atoms with Crippen LogP contribution in [0.5, 0.6) is 0 Å². The molecule has 0 saturated heterocycles. The fraction of sp³-hybridized carbons (Fsp3) is 0.375. The van der Waals surface area contributed by atoms with Gasteiger partial charge in [-0.1, -0.05) is 26.2 Å². The summed E-state index contributed by atoms with van der Waals surface area (Å²) >= 11 is 0. The molecule has 3 heterocycles. The predicted octanol–water partition coefficient (Wildman–Crippen LogP) is 4.23. The number of nitrogens with zero attached hydrogens (tertiary/aromatic N) is 2. The highest BCUT2D eigenvalue weighted by Crippen LogP contribution is 2.26. The molecule has 0 amide bonds. The molecule has 0 aromatic carbocycles. The van der Waals surface area contributed by atoms with Gasteiger partial charge in [-0.25, -0.2) is 4.98 Å². The number of fused-ring (bicyclic) bond motifs is 3. The van der Waals surface area contributed by atoms with Crippen molar-refractivity contribution in [3.05, 3.63) is 36.4 Å². The van der Waals surface area contributed by atoms with Gasteiger partial charge in [-0.15, -0.1) is 0 Å². The highest BCUT2D eigenvalue weighted by atomic mass is 14.8. The maximum Gasteiger partial charge on any atom is 0.137 e. The zero-order valence-corrected chi connectivity index (χ0v) is 11.3. The zero-order chi connectivity index (χ0) is 13.1. The van der Waals surface area contributed by atoms with Crippen LogP contribution in [0.15, 0.2) is 30.7 Å². The number of rotatable bonds is 5. The lowest BCUT2D eigenvalue weighted by atomic mass is 10.0. The average Bonchev–Trinajstić information content (AvgIpc) is 2.92. The number of hydrogen-bond acceptors (Lipinski definition) is 2. The van der Waals surface area contributed by atoms with Crippen LogP contribution in [0.25, 0.3) is 21.8 Å². The van der Waals surface area contributed by atoms with E-state index in [0.29, 0.717) is 0 Å². The van der Waals surface area contributed by atoms with Crippen molar-refractivity contribution in [2.24, 2.45) is 0 Å². The summed E-state index contributed by atoms with van der Waals surface area (Å²) in [5, 5.41) is 3.65. The Hall–Kier alpha value is -1.90. The molecule has 0 spiro atoms. The Balaban J connectivity index is 2.00. The molecule has 1 N–H and O–H groups in total. The zero-order valence-electron chi connectivity index (χ0n) is 11.3. The highest BCUT2D eigenvalue weighted by Gasteiger charge is 2.08. The number of aromatic amines is 1. The van der Waals surface area contributed by atoms with Crippen LogP contribution in [-0.2, 0) is 6.42 Å². The van der Waals surface area contributed by atoms with Crippen molar-refractivity contribution in [3.8, 4) is 0 Å². The van der Waals surface area contributed by atoms with Crippen LogP contribution in [0.3, 0.4) is 0 Å². The molecule has 0 radical (unpaired) electrons. The van der Waals surface area contributed by atoms with E-state index < -0.39 is 0 Å². The Bertz CT molecular complexity index is 685. The van der Waals surface area contributed by atoms with E-state index >= 15 is 0 Å². The lowest BCUT2D eigenvalue weighted by Gasteiger charge is -2.06. The summed E-state index contributed by atoms with van der Waals surface area (Å²) in [5.74, 6) is 0. The summed E-state index contributed by atoms with van der Waals surface area (Å²) in [7, 11) is 0. The van der Waals surface area contributed by atoms with Crippen molar-refractivity contribution in [1.82, 2.24) is 15.0 Å². The van der Waals surface area contributed by atoms with Gasteiger partial charge in [-0.3, -0.25) is 4.98 Å². The first-order valence-corrected chi connectivity index (χ1v) is 7.10. The van der Waals surface area contributed by atoms with Gasteiger partial charge >= 0.3 is 0 Å². The van der Waals surface area contributed by atoms with Gasteiger partial charge in [-0.2, -0.15) is 0 Å². The number of aryl methyl sites for hydroxylation is 1. The van der Waals surface area contributed by atoms with E-state index in [0.717, 1.165) is 12.1 Å². The van der Waals surface area contributed by atoms with Crippen molar-refractivity contribution >= 4 is 21.8 Å². The molecule has 19 heavy (non-hydrogen) atoms. The van der Waals surface area contributed by atoms with Crippen LogP contribution in [0.2, 0.25) is 0 Å². The summed E-state index contributed by atoms with van der Waals surface area (Å²) in [6.45, 7) is 2.24. The lowest BCUT2D eigenvalue weighted by Crippen LogP contribution is -1.93. The third-order valence-electron chi connectivity index (χ3n) is 3.66. The average molecular weight is 253 g/mol. The second-order valence-corrected chi connectivity index (χ2v) is 5.03. The highest BCUT2D eigenvalue weighted by molar-refractivity contribution is 6.05. The normalized spacial score (nSPS) is 11.4. The quantitative estimate of drug-likeness (QED) is 0.691. The molecule has 3 heteroatoms. The van der Waals surface area contributed by atoms with E-state index in [-0.39, 0.29) is 0 Å². The first kappa shape index (κ1) is 12.2. The minimum absolute atomic E-state index is 0.954. The largest absolute Gasteiger partial charge is 0.346 e. The lowest BCUT2D eigenvalue weighted by molar-refractivity contribution is 0.663. The van der Waals surface area contributed by atoms with E-state index in [1.54, 1.807) is 0 Å². The second kappa shape index (κ2) is 5.39. The van der Waals surface area contributed by atoms with Crippen LogP contribution in [0, 0.1) is 0 Å². The number of nitrogens with one attached hydrogen (secondary N) is 1. The molecular weight excluding hydrogens is 234 g/mol. The van der Waals surface area contributed by atoms with Gasteiger partial charge in [0.15, 0.2) is 0 Å². The van der Waals surface area contributed by atoms with E-state index in [9.17, 15) is 0 Å². The summed E-state index contributed by atoms with van der Waals surface area (Å²) < 4.78 is 0. The molecule has 98 valence electrons. The first-order chi connectivity index (χ1) is 9.40. The summed E-state index contributed by atoms with van der Waals surface area (Å²) in [5.41, 5.74) is 2.16. The monoisotopic (exact) mass is 253 g/mol. The molecule has 0 atom stereocenters. The Morgan fingerprint density at radius 3 is 2.95 bits per heavy atom. The number of pyridine rings is 2. The molecule has 0 fully saturated rings. The third-order valence-corrected chi connectivity index (χ3v) is 3.66. The van der Waals surface area contributed by atoms with E-state index in [1.807, 2.05) is 24.7 Å². The molecule has 0 saturated carbocycles. The topological polar surface area (TPSA) is 41.6 Å². The number of H-pyrrole nitrogens is 1. The van der Waals surface area contributed by atoms with Gasteiger partial charge in [-0.05, 0) is 25.0 Å². The fourth-order valence-corrected chi connectivity index (χ4v) is 2.65. The Morgan fingerprint density at radius 2 is 2.05 bits per heavy atom. The molecule has 0 unspecified atom stereocenters. The van der Waals surface area contributed by atoms with Crippen LogP contribution >= 0.6 is 0 Å². The maximum absolute atomic E-state index is 4.59. The van der Waals surface area contributed by atoms with Crippen LogP contribution in [-0.4, -0.2) is 15.0 Å². The van der Waals surface area contributed by atoms with Gasteiger partial charge < -0.3 is 4.98 Å². The second-order valence-electron chi connectivity index (χ2n) is 5.03. The number of aromatic nitrogens is 3. The number of hydrogen-bond donors (Lipinski definition) is 1. The van der Waals surface area contributed by atoms with Gasteiger partial charge in [0.2, 0.25) is 0 Å². The van der Waals surface area contributed by atoms with Gasteiger partial charge in [0.25, 0.3) is 0 Å². The van der Waals surface area contributed by atoms with Crippen molar-refractivity contribution in [3.63, 3.8) is 0 Å². The summed E-state index contributed by atoms with van der Waals surface area (Å²) in [4.78, 5) is 12.2. The Morgan fingerprint density at radius 1 is 1.11 bits per heavy atom. The minimum atomic E-state index is 0.954. The molecule has 3 rings (SSSR count). The molecular formula is C16H19N3. The third kappa shape index (κ3) is 2.33. The van der Waals surface area contributed by atoms with Crippen LogP contribution in [0.1, 0.15) is 38.3 Å². The molecule has 0 aliphatic rings. The molecule has 0 aliphatic heterocycles. The van der Waals surface area contributed by atoms with Crippen molar-refractivity contribution in [1.29, 1.82) is 0 Å². The van der Waals surface area contributed by atoms with Crippen molar-refractivity contribution in [2.75, 3.05) is 0 Å². The van der Waals surface area contributed by atoms with E-state index in [1.165, 1.54) is 47.5 Å². The van der Waals surface area contributed by atoms with Crippen molar-refractivity contribution in [2.45, 2.75) is 39.0 Å². The molecule has 3 aromatic heterocycles. The Kier molecular flexibility index (Phi) is 3.45. The van der Waals surface area contributed by atoms with Crippen LogP contribution in [0.4, 0.5) is 0 Å². The predicted molar refractivity (Wildman–Crippen MR) is 79.2 cm³/mol. The van der Waals surface area contributed by atoms with Crippen molar-refractivity contribution < 1.29 is 0 Å².